The molecule has 9 rings (SSSR count). The maximum Gasteiger partial charge on any atom is 0.326 e. The number of ketones is 2. The molecule has 3 heterocycles. The number of likely N-dealkylation sites (tertiary alicyclic amines) is 1. The number of hydrogen-bond acceptors (Lipinski definition) is 9. The van der Waals surface area contributed by atoms with Crippen molar-refractivity contribution >= 4 is 58.0 Å². The van der Waals surface area contributed by atoms with E-state index >= 15 is 0 Å². The van der Waals surface area contributed by atoms with E-state index in [0.717, 1.165) is 66.3 Å². The van der Waals surface area contributed by atoms with Crippen molar-refractivity contribution in [3.05, 3.63) is 142 Å². The van der Waals surface area contributed by atoms with Crippen molar-refractivity contribution in [3.8, 4) is 0 Å². The largest absolute Gasteiger partial charge is 0.347 e. The standard InChI is InChI=1S/C68H86N8O8/c1-11-40(2)61(79)73-60(68(7,8)9)65(83)75-38-48-32-42(26-27-45(48)35-56(75)62(80)71-53-24-16-20-43-18-12-14-22-50(43)53)33-59(78)47-28-29-55-46(34-47)30-31-74(55)66(84)70-49-36-57(63(81)72-54-25-17-21-44-19-13-15-23-51(44)54)76(39-49)64(82)52(67(4,5)6)37-58(77)41(3)69-10/h12-15,18-19,22-23,26-32,34,40-41,49,52-54,56-57,60,69H,11,16-17,20-21,24-25,33,35-39H2,1-10H3,(H,70,84)(H,71,80)(H,72,81)(H,73,79)/t40-,41+,49?,52-,53?,54?,56+,57+,60?/m1/s1. The Labute approximate surface area is 495 Å². The smallest absolute Gasteiger partial charge is 0.326 e. The average molecular weight is 1140 g/mol. The fraction of sp³-hybridized carbons (Fsp3) is 0.500. The van der Waals surface area contributed by atoms with Crippen LogP contribution >= 0.6 is 0 Å². The SMILES string of the molecule is CC[C@@H](C)C(=O)NC(C(=O)N1Cc2cc(CC(=O)c3ccc4c(ccn4C(=O)NC4C[C@@H](C(=O)NC5CCCc6ccccc65)N(C(=O)[C@@H](CC(=O)[C@H](C)NC)C(C)(C)C)C4)c3)ccc2C[C@H]1C(=O)NC1CCCc2ccccc21)C(C)(C)C. The van der Waals surface area contributed by atoms with Gasteiger partial charge in [0.2, 0.25) is 29.5 Å². The summed E-state index contributed by atoms with van der Waals surface area (Å²) < 4.78 is 1.47. The van der Waals surface area contributed by atoms with Crippen molar-refractivity contribution in [2.24, 2.45) is 22.7 Å². The summed E-state index contributed by atoms with van der Waals surface area (Å²) in [4.78, 5) is 117. The molecular formula is C68H86N8O8. The molecule has 4 aliphatic rings. The van der Waals surface area contributed by atoms with Crippen LogP contribution in [-0.2, 0) is 61.0 Å². The van der Waals surface area contributed by atoms with Gasteiger partial charge in [-0.1, -0.05) is 122 Å². The molecule has 0 radical (unpaired) electrons. The van der Waals surface area contributed by atoms with E-state index in [-0.39, 0.29) is 97.9 Å². The molecule has 1 aromatic heterocycles. The van der Waals surface area contributed by atoms with E-state index in [0.29, 0.717) is 22.9 Å². The number of benzene rings is 4. The van der Waals surface area contributed by atoms with Crippen LogP contribution in [0.3, 0.4) is 0 Å². The number of aryl methyl sites for hydroxylation is 2. The quantitative estimate of drug-likeness (QED) is 0.0562. The highest BCUT2D eigenvalue weighted by molar-refractivity contribution is 6.02. The van der Waals surface area contributed by atoms with Crippen LogP contribution in [0.1, 0.15) is 169 Å². The van der Waals surface area contributed by atoms with Crippen molar-refractivity contribution in [1.29, 1.82) is 0 Å². The number of nitrogens with zero attached hydrogens (tertiary/aromatic N) is 3. The molecule has 4 unspecified atom stereocenters. The minimum atomic E-state index is -0.908. The van der Waals surface area contributed by atoms with Crippen molar-refractivity contribution in [1.82, 2.24) is 41.0 Å². The van der Waals surface area contributed by atoms with Crippen LogP contribution in [0.25, 0.3) is 10.9 Å². The van der Waals surface area contributed by atoms with E-state index in [4.69, 9.17) is 0 Å². The minimum Gasteiger partial charge on any atom is -0.347 e. The van der Waals surface area contributed by atoms with E-state index in [2.05, 4.69) is 44.8 Å². The lowest BCUT2D eigenvalue weighted by Crippen LogP contribution is -2.61. The Kier molecular flexibility index (Phi) is 18.5. The van der Waals surface area contributed by atoms with Gasteiger partial charge in [0.05, 0.1) is 29.7 Å². The Bertz CT molecular complexity index is 3330. The molecule has 1 saturated heterocycles. The Morgan fingerprint density at radius 2 is 1.30 bits per heavy atom. The van der Waals surface area contributed by atoms with Crippen LogP contribution in [0.15, 0.2) is 97.2 Å². The van der Waals surface area contributed by atoms with E-state index in [9.17, 15) is 38.4 Å². The average Bonchev–Trinajstić information content (AvgIpc) is 2.06. The van der Waals surface area contributed by atoms with Gasteiger partial charge in [0, 0.05) is 61.3 Å². The van der Waals surface area contributed by atoms with Crippen molar-refractivity contribution in [3.63, 3.8) is 0 Å². The molecule has 0 saturated carbocycles. The minimum absolute atomic E-state index is 0.00507. The van der Waals surface area contributed by atoms with Crippen molar-refractivity contribution in [2.45, 2.75) is 182 Å². The Balaban J connectivity index is 0.915. The van der Waals surface area contributed by atoms with Gasteiger partial charge in [-0.2, -0.15) is 0 Å². The molecule has 2 aliphatic heterocycles. The number of nitrogens with one attached hydrogen (secondary N) is 5. The van der Waals surface area contributed by atoms with E-state index in [1.807, 2.05) is 104 Å². The molecular weight excluding hydrogens is 1060 g/mol. The number of carbonyl (C=O) groups is 8. The van der Waals surface area contributed by atoms with Gasteiger partial charge in [0.15, 0.2) is 5.78 Å². The highest BCUT2D eigenvalue weighted by atomic mass is 16.2. The summed E-state index contributed by atoms with van der Waals surface area (Å²) in [7, 11) is 1.71. The number of amides is 6. The summed E-state index contributed by atoms with van der Waals surface area (Å²) in [5.74, 6) is -2.71. The summed E-state index contributed by atoms with van der Waals surface area (Å²) in [5, 5.41) is 16.4. The van der Waals surface area contributed by atoms with Crippen LogP contribution in [0, 0.1) is 22.7 Å². The number of likely N-dealkylation sites (N-methyl/N-ethyl adjacent to an activating group) is 1. The summed E-state index contributed by atoms with van der Waals surface area (Å²) >= 11 is 0. The Morgan fingerprint density at radius 3 is 1.90 bits per heavy atom. The molecule has 5 N–H and O–H groups in total. The van der Waals surface area contributed by atoms with Crippen molar-refractivity contribution in [2.75, 3.05) is 13.6 Å². The number of rotatable bonds is 17. The Morgan fingerprint density at radius 1 is 0.667 bits per heavy atom. The first-order chi connectivity index (χ1) is 39.9. The first kappa shape index (κ1) is 61.1. The van der Waals surface area contributed by atoms with Gasteiger partial charge < -0.3 is 36.4 Å². The molecule has 84 heavy (non-hydrogen) atoms. The van der Waals surface area contributed by atoms with Crippen LogP contribution < -0.4 is 26.6 Å². The maximum absolute atomic E-state index is 15.0. The number of hydrogen-bond donors (Lipinski definition) is 5. The summed E-state index contributed by atoms with van der Waals surface area (Å²) in [6.45, 7) is 17.2. The molecule has 16 nitrogen and oxygen atoms in total. The normalized spacial score (nSPS) is 21.0. The lowest BCUT2D eigenvalue weighted by molar-refractivity contribution is -0.147. The molecule has 0 bridgehead atoms. The first-order valence-corrected chi connectivity index (χ1v) is 30.4. The molecule has 16 heteroatoms. The molecule has 4 aromatic carbocycles. The van der Waals surface area contributed by atoms with Gasteiger partial charge in [0.1, 0.15) is 23.9 Å². The third-order valence-electron chi connectivity index (χ3n) is 18.3. The van der Waals surface area contributed by atoms with Gasteiger partial charge in [0.25, 0.3) is 0 Å². The lowest BCUT2D eigenvalue weighted by atomic mass is 9.76. The number of aromatic nitrogens is 1. The second-order valence-electron chi connectivity index (χ2n) is 26.3. The first-order valence-electron chi connectivity index (χ1n) is 30.4. The second kappa shape index (κ2) is 25.4. The molecule has 1 fully saturated rings. The van der Waals surface area contributed by atoms with Crippen molar-refractivity contribution < 1.29 is 38.4 Å². The molecule has 6 amide bonds. The van der Waals surface area contributed by atoms with Crippen LogP contribution in [0.5, 0.6) is 0 Å². The highest BCUT2D eigenvalue weighted by Crippen LogP contribution is 2.37. The van der Waals surface area contributed by atoms with E-state index in [1.54, 1.807) is 54.2 Å². The third-order valence-corrected chi connectivity index (χ3v) is 18.3. The lowest BCUT2D eigenvalue weighted by Gasteiger charge is -2.42. The summed E-state index contributed by atoms with van der Waals surface area (Å²) in [5.41, 5.74) is 6.71. The molecule has 9 atom stereocenters. The topological polar surface area (TPSA) is 208 Å². The van der Waals surface area contributed by atoms with E-state index in [1.165, 1.54) is 15.7 Å². The number of carbonyl (C=O) groups excluding carboxylic acids is 8. The number of Topliss-reactive ketones (excluding diaryl/α,β-unsaturated/α-hetero) is 2. The van der Waals surface area contributed by atoms with Gasteiger partial charge in [-0.05, 0) is 139 Å². The zero-order chi connectivity index (χ0) is 60.4. The van der Waals surface area contributed by atoms with Gasteiger partial charge in [-0.3, -0.25) is 38.1 Å². The van der Waals surface area contributed by atoms with Crippen LogP contribution in [-0.4, -0.2) is 105 Å². The van der Waals surface area contributed by atoms with Gasteiger partial charge in [-0.15, -0.1) is 0 Å². The molecule has 2 aliphatic carbocycles. The predicted octanol–water partition coefficient (Wildman–Crippen LogP) is 9.04. The van der Waals surface area contributed by atoms with E-state index < -0.39 is 53.0 Å². The zero-order valence-electron chi connectivity index (χ0n) is 50.7. The second-order valence-corrected chi connectivity index (χ2v) is 26.3. The van der Waals surface area contributed by atoms with Gasteiger partial charge in [-0.25, -0.2) is 4.79 Å². The third kappa shape index (κ3) is 13.4. The maximum atomic E-state index is 15.0. The Hall–Kier alpha value is -7.46. The molecule has 446 valence electrons. The van der Waals surface area contributed by atoms with Crippen LogP contribution in [0.2, 0.25) is 0 Å². The monoisotopic (exact) mass is 1140 g/mol. The fourth-order valence-corrected chi connectivity index (χ4v) is 12.8. The fourth-order valence-electron chi connectivity index (χ4n) is 12.8. The van der Waals surface area contributed by atoms with Crippen LogP contribution in [0.4, 0.5) is 4.79 Å². The van der Waals surface area contributed by atoms with Gasteiger partial charge >= 0.3 is 6.03 Å². The summed E-state index contributed by atoms with van der Waals surface area (Å²) in [6, 6.07) is 24.4. The molecule has 5 aromatic rings. The predicted molar refractivity (Wildman–Crippen MR) is 325 cm³/mol. The zero-order valence-corrected chi connectivity index (χ0v) is 50.7. The summed E-state index contributed by atoms with van der Waals surface area (Å²) in [6.07, 6.45) is 7.96. The number of fused-ring (bicyclic) bond motifs is 4. The highest BCUT2D eigenvalue weighted by Gasteiger charge is 2.47. The molecule has 0 spiro atoms.